The molecule has 3 atom stereocenters. The van der Waals surface area contributed by atoms with Crippen LogP contribution in [0, 0.1) is 26.1 Å². The molecule has 2 amide bonds. The number of rotatable bonds is 7. The maximum atomic E-state index is 13.8. The molecule has 2 fully saturated rings. The summed E-state index contributed by atoms with van der Waals surface area (Å²) >= 11 is 6.04. The number of hydrogen-bond donors (Lipinski definition) is 0. The van der Waals surface area contributed by atoms with Crippen molar-refractivity contribution in [2.45, 2.75) is 12.1 Å². The normalized spacial score (nSPS) is 19.3. The van der Waals surface area contributed by atoms with Crippen LogP contribution < -0.4 is 14.7 Å². The van der Waals surface area contributed by atoms with Crippen molar-refractivity contribution in [3.63, 3.8) is 0 Å². The number of anilines is 2. The fraction of sp³-hybridized carbons (Fsp3) is 0.143. The van der Waals surface area contributed by atoms with Crippen molar-refractivity contribution in [1.29, 1.82) is 0 Å². The number of carbonyl (C=O) groups is 3. The number of non-ortho nitro benzene ring substituents is 2. The van der Waals surface area contributed by atoms with Crippen LogP contribution in [0.25, 0.3) is 0 Å². The first-order valence-corrected chi connectivity index (χ1v) is 13.3. The Hall–Kier alpha value is -5.67. The molecule has 0 spiro atoms. The van der Waals surface area contributed by atoms with Gasteiger partial charge in [0.1, 0.15) is 11.7 Å². The van der Waals surface area contributed by atoms with E-state index >= 15 is 0 Å². The van der Waals surface area contributed by atoms with Gasteiger partial charge in [-0.05, 0) is 35.9 Å². The van der Waals surface area contributed by atoms with E-state index in [4.69, 9.17) is 21.2 Å². The quantitative estimate of drug-likeness (QED) is 0.0953. The molecule has 16 heteroatoms. The summed E-state index contributed by atoms with van der Waals surface area (Å²) in [4.78, 5) is 68.3. The summed E-state index contributed by atoms with van der Waals surface area (Å²) in [5.41, 5.74) is 0.409. The Morgan fingerprint density at radius 2 is 1.61 bits per heavy atom. The predicted molar refractivity (Wildman–Crippen MR) is 152 cm³/mol. The van der Waals surface area contributed by atoms with Crippen LogP contribution in [0.4, 0.5) is 22.7 Å². The summed E-state index contributed by atoms with van der Waals surface area (Å²) in [7, 11) is 1.53. The third-order valence-electron chi connectivity index (χ3n) is 7.25. The molecule has 0 radical (unpaired) electrons. The van der Waals surface area contributed by atoms with Gasteiger partial charge in [-0.25, -0.2) is 14.8 Å². The number of aromatic nitrogens is 2. The minimum atomic E-state index is -1.30. The summed E-state index contributed by atoms with van der Waals surface area (Å²) < 4.78 is 6.71. The van der Waals surface area contributed by atoms with E-state index in [9.17, 15) is 34.6 Å². The van der Waals surface area contributed by atoms with Gasteiger partial charge >= 0.3 is 5.97 Å². The van der Waals surface area contributed by atoms with Crippen molar-refractivity contribution in [2.75, 3.05) is 9.96 Å². The molecule has 1 aromatic heterocycles. The largest absolute Gasteiger partial charge is 0.422 e. The molecule has 2 aliphatic rings. The first-order valence-electron chi connectivity index (χ1n) is 12.9. The number of aryl methyl sites for hydroxylation is 1. The van der Waals surface area contributed by atoms with E-state index in [2.05, 4.69) is 5.10 Å². The number of halogens is 1. The van der Waals surface area contributed by atoms with Crippen LogP contribution in [0.1, 0.15) is 22.1 Å². The average Bonchev–Trinajstić information content (AvgIpc) is 3.64. The zero-order valence-electron chi connectivity index (χ0n) is 22.5. The van der Waals surface area contributed by atoms with Crippen LogP contribution in [0.5, 0.6) is 5.75 Å². The van der Waals surface area contributed by atoms with Crippen molar-refractivity contribution < 1.29 is 33.8 Å². The predicted octanol–water partition coefficient (Wildman–Crippen LogP) is 4.16. The lowest BCUT2D eigenvalue weighted by atomic mass is 9.90. The van der Waals surface area contributed by atoms with Gasteiger partial charge in [-0.15, -0.1) is 0 Å². The van der Waals surface area contributed by atoms with Gasteiger partial charge in [-0.2, -0.15) is 5.10 Å². The number of nitrogens with zero attached hydrogens (tertiary/aromatic N) is 6. The molecule has 15 nitrogen and oxygen atoms in total. The van der Waals surface area contributed by atoms with Crippen molar-refractivity contribution in [3.8, 4) is 5.75 Å². The van der Waals surface area contributed by atoms with Gasteiger partial charge in [0, 0.05) is 31.3 Å². The van der Waals surface area contributed by atoms with E-state index in [0.717, 1.165) is 4.90 Å². The van der Waals surface area contributed by atoms with Gasteiger partial charge in [0.25, 0.3) is 17.3 Å². The lowest BCUT2D eigenvalue weighted by molar-refractivity contribution is -0.385. The number of hydrogen-bond acceptors (Lipinski definition) is 11. The van der Waals surface area contributed by atoms with Crippen LogP contribution in [-0.4, -0.2) is 43.5 Å². The molecule has 222 valence electrons. The number of amides is 2. The van der Waals surface area contributed by atoms with Crippen molar-refractivity contribution in [3.05, 3.63) is 116 Å². The summed E-state index contributed by atoms with van der Waals surface area (Å²) in [6.07, 6.45) is 0.00611. The van der Waals surface area contributed by atoms with E-state index in [1.54, 1.807) is 12.1 Å². The first kappa shape index (κ1) is 28.4. The molecule has 2 aliphatic heterocycles. The van der Waals surface area contributed by atoms with Crippen molar-refractivity contribution in [2.24, 2.45) is 13.0 Å². The number of benzene rings is 3. The summed E-state index contributed by atoms with van der Waals surface area (Å²) in [5, 5.41) is 27.9. The number of esters is 1. The number of imide groups is 1. The standard InChI is InChI=1S/C28H19ClN6O9/c1-31-24(21(29)14-30-31)28(38)43-20-11-5-15(6-12-20)23-22-25(44-33(23)18-3-2-4-19(13-18)35(41)42)27(37)32(26(22)36)16-7-9-17(10-8-16)34(39)40/h2-14,22-23,25H,1H3/t22-,23-,25+/m1/s1. The molecular formula is C28H19ClN6O9. The molecule has 4 aromatic rings. The van der Waals surface area contributed by atoms with Crippen molar-refractivity contribution in [1.82, 2.24) is 9.78 Å². The highest BCUT2D eigenvalue weighted by molar-refractivity contribution is 6.33. The zero-order chi connectivity index (χ0) is 31.3. The second-order valence-corrected chi connectivity index (χ2v) is 10.2. The van der Waals surface area contributed by atoms with Gasteiger partial charge in [-0.3, -0.25) is 39.3 Å². The maximum absolute atomic E-state index is 13.8. The van der Waals surface area contributed by atoms with E-state index in [1.807, 2.05) is 0 Å². The SMILES string of the molecule is Cn1ncc(Cl)c1C(=O)Oc1ccc([C@@H]2[C@H]3C(=O)N(c4ccc([N+](=O)[O-])cc4)C(=O)[C@H]3ON2c2cccc([N+](=O)[O-])c2)cc1. The zero-order valence-corrected chi connectivity index (χ0v) is 23.2. The molecule has 3 heterocycles. The Morgan fingerprint density at radius 3 is 2.23 bits per heavy atom. The Bertz CT molecular complexity index is 1820. The fourth-order valence-corrected chi connectivity index (χ4v) is 5.47. The average molecular weight is 619 g/mol. The molecule has 0 aliphatic carbocycles. The van der Waals surface area contributed by atoms with Crippen LogP contribution in [0.15, 0.2) is 79.0 Å². The Morgan fingerprint density at radius 1 is 0.932 bits per heavy atom. The molecule has 0 N–H and O–H groups in total. The Balaban J connectivity index is 1.35. The van der Waals surface area contributed by atoms with Gasteiger partial charge in [0.05, 0.1) is 38.5 Å². The number of nitro groups is 2. The highest BCUT2D eigenvalue weighted by Crippen LogP contribution is 2.48. The molecule has 0 saturated carbocycles. The molecule has 3 aromatic carbocycles. The van der Waals surface area contributed by atoms with Crippen LogP contribution in [0.3, 0.4) is 0 Å². The third kappa shape index (κ3) is 4.79. The van der Waals surface area contributed by atoms with Crippen LogP contribution in [-0.2, 0) is 21.5 Å². The topological polar surface area (TPSA) is 180 Å². The number of hydroxylamine groups is 1. The van der Waals surface area contributed by atoms with Crippen LogP contribution >= 0.6 is 11.6 Å². The van der Waals surface area contributed by atoms with E-state index in [1.165, 1.54) is 83.7 Å². The molecule has 44 heavy (non-hydrogen) atoms. The minimum absolute atomic E-state index is 0.0426. The minimum Gasteiger partial charge on any atom is -0.422 e. The molecule has 2 saturated heterocycles. The first-order chi connectivity index (χ1) is 21.0. The highest BCUT2D eigenvalue weighted by atomic mass is 35.5. The fourth-order valence-electron chi connectivity index (χ4n) is 5.23. The van der Waals surface area contributed by atoms with E-state index < -0.39 is 45.7 Å². The second kappa shape index (κ2) is 10.9. The van der Waals surface area contributed by atoms with Crippen LogP contribution in [0.2, 0.25) is 5.02 Å². The number of ether oxygens (including phenoxy) is 1. The molecule has 6 rings (SSSR count). The number of fused-ring (bicyclic) bond motifs is 1. The maximum Gasteiger partial charge on any atom is 0.363 e. The lowest BCUT2D eigenvalue weighted by Gasteiger charge is -2.28. The third-order valence-corrected chi connectivity index (χ3v) is 7.53. The van der Waals surface area contributed by atoms with Gasteiger partial charge in [0.15, 0.2) is 11.8 Å². The number of carbonyl (C=O) groups excluding carboxylic acids is 3. The van der Waals surface area contributed by atoms with Crippen molar-refractivity contribution >= 4 is 52.1 Å². The molecule has 0 bridgehead atoms. The molecule has 0 unspecified atom stereocenters. The summed E-state index contributed by atoms with van der Waals surface area (Å²) in [6.45, 7) is 0. The van der Waals surface area contributed by atoms with Gasteiger partial charge in [-0.1, -0.05) is 29.8 Å². The van der Waals surface area contributed by atoms with E-state index in [-0.39, 0.29) is 39.2 Å². The van der Waals surface area contributed by atoms with Gasteiger partial charge in [0.2, 0.25) is 5.91 Å². The number of nitro benzene ring substituents is 2. The lowest BCUT2D eigenvalue weighted by Crippen LogP contribution is -2.37. The summed E-state index contributed by atoms with van der Waals surface area (Å²) in [5.74, 6) is -3.03. The monoisotopic (exact) mass is 618 g/mol. The van der Waals surface area contributed by atoms with Gasteiger partial charge < -0.3 is 4.74 Å². The van der Waals surface area contributed by atoms with E-state index in [0.29, 0.717) is 5.56 Å². The second-order valence-electron chi connectivity index (χ2n) is 9.81. The smallest absolute Gasteiger partial charge is 0.363 e. The Labute approximate surface area is 252 Å². The molecular weight excluding hydrogens is 600 g/mol. The summed E-state index contributed by atoms with van der Waals surface area (Å²) in [6, 6.07) is 15.6. The Kier molecular flexibility index (Phi) is 7.03. The highest BCUT2D eigenvalue weighted by Gasteiger charge is 2.60.